The minimum atomic E-state index is -0.833. The summed E-state index contributed by atoms with van der Waals surface area (Å²) < 4.78 is 0. The fraction of sp³-hybridized carbons (Fsp3) is 0.444. The van der Waals surface area contributed by atoms with Crippen LogP contribution in [0.4, 0.5) is 0 Å². The lowest BCUT2D eigenvalue weighted by Crippen LogP contribution is -1.78. The smallest absolute Gasteiger partial charge is 0.300 e. The van der Waals surface area contributed by atoms with Crippen molar-refractivity contribution in [1.82, 2.24) is 0 Å². The molecule has 0 aromatic carbocycles. The lowest BCUT2D eigenvalue weighted by molar-refractivity contribution is -0.134. The summed E-state index contributed by atoms with van der Waals surface area (Å²) in [5, 5.41) is 9.56. The maximum Gasteiger partial charge on any atom is 0.300 e. The van der Waals surface area contributed by atoms with Crippen molar-refractivity contribution in [2.75, 3.05) is 0 Å². The van der Waals surface area contributed by atoms with Crippen LogP contribution < -0.4 is 0 Å². The number of carboxylic acids is 1. The molecule has 1 N–H and O–H groups in total. The summed E-state index contributed by atoms with van der Waals surface area (Å²) in [6.45, 7) is 5.44. The van der Waals surface area contributed by atoms with Crippen LogP contribution in [0, 0.1) is 6.92 Å². The SMILES string of the molecule is CC(=O)O.CCc1sccc1C. The van der Waals surface area contributed by atoms with E-state index >= 15 is 0 Å². The molecule has 0 aliphatic rings. The molecular weight excluding hydrogens is 172 g/mol. The zero-order valence-electron chi connectivity index (χ0n) is 7.63. The van der Waals surface area contributed by atoms with Crippen molar-refractivity contribution >= 4 is 17.3 Å². The van der Waals surface area contributed by atoms with Gasteiger partial charge in [0.25, 0.3) is 5.97 Å². The highest BCUT2D eigenvalue weighted by molar-refractivity contribution is 7.10. The lowest BCUT2D eigenvalue weighted by atomic mass is 10.2. The van der Waals surface area contributed by atoms with Gasteiger partial charge in [-0.05, 0) is 30.4 Å². The minimum absolute atomic E-state index is 0.833. The number of rotatable bonds is 1. The van der Waals surface area contributed by atoms with Gasteiger partial charge in [0.05, 0.1) is 0 Å². The van der Waals surface area contributed by atoms with Gasteiger partial charge < -0.3 is 5.11 Å². The highest BCUT2D eigenvalue weighted by atomic mass is 32.1. The molecule has 0 amide bonds. The van der Waals surface area contributed by atoms with Gasteiger partial charge in [-0.3, -0.25) is 4.79 Å². The van der Waals surface area contributed by atoms with E-state index in [0.29, 0.717) is 0 Å². The van der Waals surface area contributed by atoms with Crippen molar-refractivity contribution in [2.45, 2.75) is 27.2 Å². The quantitative estimate of drug-likeness (QED) is 0.732. The number of aliphatic carboxylic acids is 1. The molecule has 0 spiro atoms. The molecule has 0 fully saturated rings. The molecule has 1 aromatic heterocycles. The first kappa shape index (κ1) is 11.2. The number of carbonyl (C=O) groups is 1. The number of aryl methyl sites for hydroxylation is 2. The van der Waals surface area contributed by atoms with Gasteiger partial charge in [-0.1, -0.05) is 6.92 Å². The summed E-state index contributed by atoms with van der Waals surface area (Å²) in [5.41, 5.74) is 1.44. The molecule has 3 heteroatoms. The molecule has 0 aliphatic carbocycles. The summed E-state index contributed by atoms with van der Waals surface area (Å²) in [7, 11) is 0. The normalized spacial score (nSPS) is 8.58. The summed E-state index contributed by atoms with van der Waals surface area (Å²) in [5.74, 6) is -0.833. The van der Waals surface area contributed by atoms with Crippen molar-refractivity contribution in [3.05, 3.63) is 21.9 Å². The first-order chi connectivity index (χ1) is 5.57. The molecule has 0 saturated heterocycles. The molecule has 68 valence electrons. The van der Waals surface area contributed by atoms with Crippen molar-refractivity contribution in [3.63, 3.8) is 0 Å². The largest absolute Gasteiger partial charge is 0.481 e. The van der Waals surface area contributed by atoms with E-state index in [-0.39, 0.29) is 0 Å². The van der Waals surface area contributed by atoms with Gasteiger partial charge >= 0.3 is 0 Å². The van der Waals surface area contributed by atoms with Gasteiger partial charge in [0.1, 0.15) is 0 Å². The average Bonchev–Trinajstić information content (AvgIpc) is 2.33. The fourth-order valence-electron chi connectivity index (χ4n) is 0.766. The molecule has 1 rings (SSSR count). The molecule has 2 nitrogen and oxygen atoms in total. The lowest BCUT2D eigenvalue weighted by Gasteiger charge is -1.87. The summed E-state index contributed by atoms with van der Waals surface area (Å²) in [6, 6.07) is 2.17. The van der Waals surface area contributed by atoms with Crippen LogP contribution in [0.3, 0.4) is 0 Å². The first-order valence-corrected chi connectivity index (χ1v) is 4.68. The summed E-state index contributed by atoms with van der Waals surface area (Å²) in [6.07, 6.45) is 1.18. The van der Waals surface area contributed by atoms with Crippen LogP contribution in [0.2, 0.25) is 0 Å². The van der Waals surface area contributed by atoms with E-state index in [0.717, 1.165) is 6.92 Å². The van der Waals surface area contributed by atoms with E-state index in [1.165, 1.54) is 16.9 Å². The minimum Gasteiger partial charge on any atom is -0.481 e. The van der Waals surface area contributed by atoms with E-state index < -0.39 is 5.97 Å². The zero-order chi connectivity index (χ0) is 9.56. The van der Waals surface area contributed by atoms with E-state index in [2.05, 4.69) is 25.3 Å². The van der Waals surface area contributed by atoms with Crippen LogP contribution in [-0.2, 0) is 11.2 Å². The number of hydrogen-bond donors (Lipinski definition) is 1. The molecule has 12 heavy (non-hydrogen) atoms. The van der Waals surface area contributed by atoms with Gasteiger partial charge in [0.2, 0.25) is 0 Å². The topological polar surface area (TPSA) is 37.3 Å². The number of carboxylic acid groups (broad SMARTS) is 1. The standard InChI is InChI=1S/C7H10S.C2H4O2/c1-3-7-6(2)4-5-8-7;1-2(3)4/h4-5H,3H2,1-2H3;1H3,(H,3,4). The van der Waals surface area contributed by atoms with Gasteiger partial charge in [-0.2, -0.15) is 0 Å². The second-order valence-electron chi connectivity index (χ2n) is 2.40. The third kappa shape index (κ3) is 4.91. The van der Waals surface area contributed by atoms with Gasteiger partial charge in [-0.15, -0.1) is 11.3 Å². The van der Waals surface area contributed by atoms with E-state index in [9.17, 15) is 0 Å². The number of hydrogen-bond acceptors (Lipinski definition) is 2. The van der Waals surface area contributed by atoms with Crippen LogP contribution in [-0.4, -0.2) is 11.1 Å². The van der Waals surface area contributed by atoms with Crippen molar-refractivity contribution < 1.29 is 9.90 Å². The van der Waals surface area contributed by atoms with Crippen molar-refractivity contribution in [2.24, 2.45) is 0 Å². The monoisotopic (exact) mass is 186 g/mol. The molecule has 0 bridgehead atoms. The zero-order valence-corrected chi connectivity index (χ0v) is 8.44. The fourth-order valence-corrected chi connectivity index (χ4v) is 1.62. The Morgan fingerprint density at radius 2 is 2.17 bits per heavy atom. The number of thiophene rings is 1. The molecule has 0 radical (unpaired) electrons. The second-order valence-corrected chi connectivity index (χ2v) is 3.40. The Balaban J connectivity index is 0.000000261. The Labute approximate surface area is 76.9 Å². The third-order valence-electron chi connectivity index (χ3n) is 1.29. The van der Waals surface area contributed by atoms with E-state index in [1.54, 1.807) is 0 Å². The maximum absolute atomic E-state index is 9.00. The molecule has 0 aliphatic heterocycles. The summed E-state index contributed by atoms with van der Waals surface area (Å²) >= 11 is 1.85. The van der Waals surface area contributed by atoms with Gasteiger partial charge in [0.15, 0.2) is 0 Å². The van der Waals surface area contributed by atoms with Crippen molar-refractivity contribution in [3.8, 4) is 0 Å². The molecule has 0 atom stereocenters. The van der Waals surface area contributed by atoms with Crippen LogP contribution in [0.5, 0.6) is 0 Å². The summed E-state index contributed by atoms with van der Waals surface area (Å²) in [4.78, 5) is 10.5. The molecular formula is C9H14O2S. The van der Waals surface area contributed by atoms with Crippen LogP contribution >= 0.6 is 11.3 Å². The molecule has 1 aromatic rings. The molecule has 0 saturated carbocycles. The Morgan fingerprint density at radius 3 is 2.33 bits per heavy atom. The highest BCUT2D eigenvalue weighted by Crippen LogP contribution is 2.14. The van der Waals surface area contributed by atoms with Crippen LogP contribution in [0.25, 0.3) is 0 Å². The highest BCUT2D eigenvalue weighted by Gasteiger charge is 1.92. The Kier molecular flexibility index (Phi) is 5.37. The van der Waals surface area contributed by atoms with E-state index in [4.69, 9.17) is 9.90 Å². The molecule has 0 unspecified atom stereocenters. The predicted molar refractivity (Wildman–Crippen MR) is 51.7 cm³/mol. The van der Waals surface area contributed by atoms with Crippen LogP contribution in [0.15, 0.2) is 11.4 Å². The van der Waals surface area contributed by atoms with E-state index in [1.807, 2.05) is 11.3 Å². The first-order valence-electron chi connectivity index (χ1n) is 3.80. The molecule has 1 heterocycles. The van der Waals surface area contributed by atoms with Gasteiger partial charge in [-0.25, -0.2) is 0 Å². The Morgan fingerprint density at radius 1 is 1.67 bits per heavy atom. The van der Waals surface area contributed by atoms with Crippen molar-refractivity contribution in [1.29, 1.82) is 0 Å². The van der Waals surface area contributed by atoms with Gasteiger partial charge in [0, 0.05) is 11.8 Å². The third-order valence-corrected chi connectivity index (χ3v) is 2.46. The average molecular weight is 186 g/mol. The maximum atomic E-state index is 9.00. The second kappa shape index (κ2) is 5.77. The Hall–Kier alpha value is -0.830. The predicted octanol–water partition coefficient (Wildman–Crippen LogP) is 2.71. The Bertz CT molecular complexity index is 236. The van der Waals surface area contributed by atoms with Crippen LogP contribution in [0.1, 0.15) is 24.3 Å².